The molecule has 7 N–H and O–H groups in total. The molecule has 2 aliphatic carbocycles. The fourth-order valence-corrected chi connectivity index (χ4v) is 12.8. The lowest BCUT2D eigenvalue weighted by molar-refractivity contribution is -0.137. The SMILES string of the molecule is CN1CCc2nc(C(=O)N[C@@H]3C[C@@H](C(=O)N(C)C)CC[C@H]3NC(=O)C(=O)Nc3ccc(Cl)cn3)sc2C1.CN1CCc2nc(C(=O)N[C@@H]3C[C@@H](C(=O)N(C)C)CC[C@H]3NC(=O)C(=O)Nc3ccc(Cl)cn3)sc2C1.Cc1ccc(S(=O)(=O)O)cc1. The Balaban J connectivity index is 0.000000206. The van der Waals surface area contributed by atoms with Gasteiger partial charge in [0.2, 0.25) is 11.8 Å². The molecular weight excluding hydrogens is 1200 g/mol. The largest absolute Gasteiger partial charge is 0.349 e. The molecule has 8 amide bonds. The van der Waals surface area contributed by atoms with Gasteiger partial charge in [0.1, 0.15) is 11.6 Å². The number of aryl methyl sites for hydroxylation is 1. The van der Waals surface area contributed by atoms with Gasteiger partial charge in [0, 0.05) is 113 Å². The maximum absolute atomic E-state index is 13.2. The third-order valence-corrected chi connectivity index (χ3v) is 17.9. The Morgan fingerprint density at radius 1 is 0.576 bits per heavy atom. The van der Waals surface area contributed by atoms with Crippen molar-refractivity contribution in [3.05, 3.63) is 108 Å². The van der Waals surface area contributed by atoms with E-state index in [1.807, 2.05) is 21.0 Å². The van der Waals surface area contributed by atoms with Gasteiger partial charge in [0.05, 0.1) is 38.4 Å². The van der Waals surface area contributed by atoms with Crippen molar-refractivity contribution in [3.63, 3.8) is 0 Å². The number of benzene rings is 1. The summed E-state index contributed by atoms with van der Waals surface area (Å²) in [5.41, 5.74) is 2.84. The number of halogens is 2. The summed E-state index contributed by atoms with van der Waals surface area (Å²) in [6, 6.07) is 9.88. The maximum atomic E-state index is 13.2. The van der Waals surface area contributed by atoms with E-state index in [1.165, 1.54) is 69.1 Å². The van der Waals surface area contributed by atoms with Crippen LogP contribution in [-0.2, 0) is 64.8 Å². The van der Waals surface area contributed by atoms with Gasteiger partial charge >= 0.3 is 23.6 Å². The van der Waals surface area contributed by atoms with Crippen molar-refractivity contribution in [1.82, 2.24) is 60.8 Å². The molecule has 0 bridgehead atoms. The van der Waals surface area contributed by atoms with E-state index in [0.29, 0.717) is 58.6 Å². The molecule has 0 radical (unpaired) electrons. The van der Waals surface area contributed by atoms with Crippen LogP contribution in [0.1, 0.15) is 84.8 Å². The highest BCUT2D eigenvalue weighted by Crippen LogP contribution is 2.31. The number of thiazole rings is 2. The first-order chi connectivity index (χ1) is 40.2. The maximum Gasteiger partial charge on any atom is 0.314 e. The van der Waals surface area contributed by atoms with Crippen molar-refractivity contribution in [2.45, 2.75) is 100 Å². The molecule has 4 aromatic heterocycles. The second-order valence-electron chi connectivity index (χ2n) is 21.5. The second kappa shape index (κ2) is 29.4. The van der Waals surface area contributed by atoms with Crippen molar-refractivity contribution in [2.24, 2.45) is 11.8 Å². The third-order valence-electron chi connectivity index (χ3n) is 14.4. The molecule has 0 unspecified atom stereocenters. The van der Waals surface area contributed by atoms with Gasteiger partial charge in [0.25, 0.3) is 21.9 Å². The first-order valence-electron chi connectivity index (χ1n) is 27.1. The van der Waals surface area contributed by atoms with Crippen LogP contribution in [0.25, 0.3) is 0 Å². The lowest BCUT2D eigenvalue weighted by atomic mass is 9.81. The van der Waals surface area contributed by atoms with Crippen molar-refractivity contribution in [2.75, 3.05) is 66.0 Å². The molecule has 6 heterocycles. The first kappa shape index (κ1) is 65.5. The summed E-state index contributed by atoms with van der Waals surface area (Å²) in [4.78, 5) is 128. The fraction of sp³-hybridized carbons (Fsp3) is 0.455. The van der Waals surface area contributed by atoms with E-state index in [2.05, 4.69) is 61.6 Å². The predicted octanol–water partition coefficient (Wildman–Crippen LogP) is 3.82. The Kier molecular flexibility index (Phi) is 22.6. The van der Waals surface area contributed by atoms with E-state index >= 15 is 0 Å². The van der Waals surface area contributed by atoms with Gasteiger partial charge in [-0.25, -0.2) is 19.9 Å². The Morgan fingerprint density at radius 3 is 1.33 bits per heavy atom. The van der Waals surface area contributed by atoms with Crippen molar-refractivity contribution < 1.29 is 51.3 Å². The van der Waals surface area contributed by atoms with Gasteiger partial charge in [-0.3, -0.25) is 42.9 Å². The van der Waals surface area contributed by atoms with Crippen LogP contribution in [0.4, 0.5) is 11.6 Å². The molecule has 2 fully saturated rings. The zero-order chi connectivity index (χ0) is 61.9. The summed E-state index contributed by atoms with van der Waals surface area (Å²) in [5.74, 6) is -4.49. The lowest BCUT2D eigenvalue weighted by Gasteiger charge is -2.37. The summed E-state index contributed by atoms with van der Waals surface area (Å²) < 4.78 is 29.6. The molecule has 4 aliphatic rings. The number of likely N-dealkylation sites (N-methyl/N-ethyl adjacent to an activating group) is 2. The van der Waals surface area contributed by atoms with Gasteiger partial charge in [-0.2, -0.15) is 8.42 Å². The van der Waals surface area contributed by atoms with Gasteiger partial charge < -0.3 is 51.5 Å². The average molecular weight is 1270 g/mol. The van der Waals surface area contributed by atoms with Crippen LogP contribution >= 0.6 is 45.9 Å². The lowest BCUT2D eigenvalue weighted by Crippen LogP contribution is -2.57. The number of nitrogens with one attached hydrogen (secondary N) is 6. The monoisotopic (exact) mass is 1270 g/mol. The van der Waals surface area contributed by atoms with Gasteiger partial charge in [0.15, 0.2) is 10.0 Å². The number of amides is 8. The Morgan fingerprint density at radius 2 is 0.976 bits per heavy atom. The van der Waals surface area contributed by atoms with E-state index in [0.717, 1.165) is 65.7 Å². The Bertz CT molecular complexity index is 3180. The minimum atomic E-state index is -4.02. The van der Waals surface area contributed by atoms with Gasteiger partial charge in [-0.05, 0) is 95.9 Å². The summed E-state index contributed by atoms with van der Waals surface area (Å²) in [5, 5.41) is 17.8. The number of nitrogens with zero attached hydrogens (tertiary/aromatic N) is 8. The van der Waals surface area contributed by atoms with Crippen molar-refractivity contribution in [3.8, 4) is 0 Å². The quantitative estimate of drug-likeness (QED) is 0.0730. The van der Waals surface area contributed by atoms with E-state index in [4.69, 9.17) is 27.8 Å². The summed E-state index contributed by atoms with van der Waals surface area (Å²) in [6.45, 7) is 5.11. The van der Waals surface area contributed by atoms with Crippen LogP contribution in [0.5, 0.6) is 0 Å². The molecule has 6 atom stereocenters. The van der Waals surface area contributed by atoms with Crippen molar-refractivity contribution >= 4 is 115 Å². The molecule has 85 heavy (non-hydrogen) atoms. The third kappa shape index (κ3) is 18.5. The summed E-state index contributed by atoms with van der Waals surface area (Å²) in [6.07, 6.45) is 6.85. The minimum absolute atomic E-state index is 0.0386. The number of anilines is 2. The number of fused-ring (bicyclic) bond motifs is 2. The zero-order valence-corrected chi connectivity index (χ0v) is 51.8. The highest BCUT2D eigenvalue weighted by molar-refractivity contribution is 7.85. The number of aromatic nitrogens is 4. The number of pyridine rings is 2. The van der Waals surface area contributed by atoms with Crippen LogP contribution in [-0.4, -0.2) is 179 Å². The average Bonchev–Trinajstić information content (AvgIpc) is 2.66. The standard InChI is InChI=1S/2C24H30ClN7O4S.C7H8O3S/c2*1-31(2)24(36)13-4-6-15(27-20(33)21(34)30-19-7-5-14(25)11-26-19)17(10-13)28-22(35)23-29-16-8-9-32(3)12-18(16)37-23;1-6-2-4-7(5-3-6)11(8,9)10/h2*5,7,11,13,15,17H,4,6,8-10,12H2,1-3H3,(H,27,33)(H,28,35)(H,26,30,34);2-5H,1H3,(H,8,9,10)/t2*13-,15+,17+;/m00./s1. The highest BCUT2D eigenvalue weighted by Gasteiger charge is 2.40. The number of carbonyl (C=O) groups is 8. The van der Waals surface area contributed by atoms with Crippen LogP contribution in [0.2, 0.25) is 10.0 Å². The molecule has 30 heteroatoms. The van der Waals surface area contributed by atoms with Crippen LogP contribution in [0.3, 0.4) is 0 Å². The molecule has 2 aliphatic heterocycles. The van der Waals surface area contributed by atoms with E-state index < -0.39 is 57.9 Å². The normalized spacial score (nSPS) is 20.2. The molecule has 5 aromatic rings. The molecule has 2 saturated carbocycles. The first-order valence-corrected chi connectivity index (χ1v) is 30.9. The Labute approximate surface area is 510 Å². The molecule has 0 spiro atoms. The van der Waals surface area contributed by atoms with Gasteiger partial charge in [-0.1, -0.05) is 40.9 Å². The smallest absolute Gasteiger partial charge is 0.314 e. The van der Waals surface area contributed by atoms with Crippen LogP contribution < -0.4 is 31.9 Å². The molecule has 1 aromatic carbocycles. The fourth-order valence-electron chi connectivity index (χ4n) is 9.91. The van der Waals surface area contributed by atoms with E-state index in [9.17, 15) is 46.8 Å². The van der Waals surface area contributed by atoms with E-state index in [-0.39, 0.29) is 52.0 Å². The van der Waals surface area contributed by atoms with Crippen LogP contribution in [0, 0.1) is 18.8 Å². The molecule has 25 nitrogen and oxygen atoms in total. The summed E-state index contributed by atoms with van der Waals surface area (Å²) in [7, 11) is 6.80. The molecule has 9 rings (SSSR count). The molecular formula is C55H68Cl2N14O11S3. The minimum Gasteiger partial charge on any atom is -0.349 e. The number of hydrogen-bond acceptors (Lipinski definition) is 18. The van der Waals surface area contributed by atoms with E-state index in [1.54, 1.807) is 52.5 Å². The number of rotatable bonds is 11. The molecule has 456 valence electrons. The second-order valence-corrected chi connectivity index (χ2v) is 25.9. The van der Waals surface area contributed by atoms with Gasteiger partial charge in [-0.15, -0.1) is 22.7 Å². The highest BCUT2D eigenvalue weighted by atomic mass is 35.5. The molecule has 0 saturated heterocycles. The Hall–Kier alpha value is -7.05. The topological polar surface area (TPSA) is 328 Å². The number of hydrogen-bond donors (Lipinski definition) is 7. The predicted molar refractivity (Wildman–Crippen MR) is 319 cm³/mol. The number of carbonyl (C=O) groups excluding carboxylic acids is 8. The van der Waals surface area contributed by atoms with Crippen LogP contribution in [0.15, 0.2) is 65.8 Å². The summed E-state index contributed by atoms with van der Waals surface area (Å²) >= 11 is 14.3. The van der Waals surface area contributed by atoms with Crippen molar-refractivity contribution in [1.29, 1.82) is 0 Å². The zero-order valence-electron chi connectivity index (χ0n) is 47.8.